The van der Waals surface area contributed by atoms with Crippen LogP contribution in [0.1, 0.15) is 15.9 Å². The summed E-state index contributed by atoms with van der Waals surface area (Å²) in [5, 5.41) is 0.540. The standard InChI is InChI=1S/C24H19ClO5/c25-22-9-5-4-6-18(22)12-15-23(26)30-21-13-10-19(11-14-21)24(27)29-17-16-28-20-7-2-1-3-8-20/h1-15H,16-17H2/b15-12+. The highest BCUT2D eigenvalue weighted by Gasteiger charge is 2.08. The highest BCUT2D eigenvalue weighted by Crippen LogP contribution is 2.17. The quantitative estimate of drug-likeness (QED) is 0.216. The zero-order chi connectivity index (χ0) is 21.2. The average Bonchev–Trinajstić information content (AvgIpc) is 2.77. The fraction of sp³-hybridized carbons (Fsp3) is 0.0833. The molecular weight excluding hydrogens is 404 g/mol. The molecule has 0 atom stereocenters. The number of hydrogen-bond donors (Lipinski definition) is 0. The fourth-order valence-electron chi connectivity index (χ4n) is 2.47. The maximum Gasteiger partial charge on any atom is 0.338 e. The van der Waals surface area contributed by atoms with Crippen LogP contribution in [0, 0.1) is 0 Å². The van der Waals surface area contributed by atoms with Crippen LogP contribution in [0.15, 0.2) is 84.9 Å². The van der Waals surface area contributed by atoms with Gasteiger partial charge in [-0.3, -0.25) is 0 Å². The highest BCUT2D eigenvalue weighted by atomic mass is 35.5. The molecule has 0 aliphatic carbocycles. The maximum absolute atomic E-state index is 12.1. The molecule has 0 fully saturated rings. The third-order valence-electron chi connectivity index (χ3n) is 3.94. The zero-order valence-corrected chi connectivity index (χ0v) is 16.7. The molecule has 0 bridgehead atoms. The van der Waals surface area contributed by atoms with Crippen LogP contribution < -0.4 is 9.47 Å². The second-order valence-corrected chi connectivity index (χ2v) is 6.50. The number of benzene rings is 3. The van der Waals surface area contributed by atoms with E-state index in [2.05, 4.69) is 0 Å². The second-order valence-electron chi connectivity index (χ2n) is 6.10. The molecule has 0 heterocycles. The van der Waals surface area contributed by atoms with E-state index in [1.807, 2.05) is 36.4 Å². The Bertz CT molecular complexity index is 1010. The lowest BCUT2D eigenvalue weighted by Crippen LogP contribution is -2.12. The minimum Gasteiger partial charge on any atom is -0.490 e. The minimum absolute atomic E-state index is 0.122. The normalized spacial score (nSPS) is 10.6. The molecule has 0 radical (unpaired) electrons. The molecule has 0 aliphatic rings. The largest absolute Gasteiger partial charge is 0.490 e. The predicted molar refractivity (Wildman–Crippen MR) is 115 cm³/mol. The van der Waals surface area contributed by atoms with Crippen molar-refractivity contribution in [3.8, 4) is 11.5 Å². The topological polar surface area (TPSA) is 61.8 Å². The summed E-state index contributed by atoms with van der Waals surface area (Å²) in [6.45, 7) is 0.376. The van der Waals surface area contributed by atoms with Gasteiger partial charge in [-0.15, -0.1) is 0 Å². The van der Waals surface area contributed by atoms with E-state index in [1.165, 1.54) is 30.3 Å². The Kier molecular flexibility index (Phi) is 7.64. The van der Waals surface area contributed by atoms with E-state index >= 15 is 0 Å². The van der Waals surface area contributed by atoms with Crippen LogP contribution in [0.4, 0.5) is 0 Å². The van der Waals surface area contributed by atoms with Gasteiger partial charge in [-0.2, -0.15) is 0 Å². The first-order valence-electron chi connectivity index (χ1n) is 9.21. The van der Waals surface area contributed by atoms with Crippen LogP contribution in [-0.2, 0) is 9.53 Å². The van der Waals surface area contributed by atoms with Gasteiger partial charge in [0.15, 0.2) is 0 Å². The molecule has 3 rings (SSSR count). The lowest BCUT2D eigenvalue weighted by Gasteiger charge is -2.08. The van der Waals surface area contributed by atoms with Crippen molar-refractivity contribution in [1.29, 1.82) is 0 Å². The minimum atomic E-state index is -0.552. The first kappa shape index (κ1) is 21.1. The molecule has 0 aromatic heterocycles. The molecule has 0 saturated heterocycles. The van der Waals surface area contributed by atoms with E-state index < -0.39 is 11.9 Å². The van der Waals surface area contributed by atoms with Gasteiger partial charge in [0, 0.05) is 11.1 Å². The summed E-state index contributed by atoms with van der Waals surface area (Å²) in [6.07, 6.45) is 2.87. The van der Waals surface area contributed by atoms with Crippen molar-refractivity contribution in [1.82, 2.24) is 0 Å². The molecule has 3 aromatic carbocycles. The molecular formula is C24H19ClO5. The van der Waals surface area contributed by atoms with E-state index in [1.54, 1.807) is 24.3 Å². The Morgan fingerprint density at radius 2 is 1.50 bits per heavy atom. The molecule has 30 heavy (non-hydrogen) atoms. The van der Waals surface area contributed by atoms with E-state index in [4.69, 9.17) is 25.8 Å². The third kappa shape index (κ3) is 6.50. The molecule has 0 saturated carbocycles. The number of ether oxygens (including phenoxy) is 3. The second kappa shape index (κ2) is 10.8. The molecule has 0 unspecified atom stereocenters. The lowest BCUT2D eigenvalue weighted by molar-refractivity contribution is -0.128. The van der Waals surface area contributed by atoms with Crippen molar-refractivity contribution < 1.29 is 23.8 Å². The first-order valence-corrected chi connectivity index (χ1v) is 9.59. The van der Waals surface area contributed by atoms with E-state index in [0.29, 0.717) is 27.6 Å². The molecule has 6 heteroatoms. The monoisotopic (exact) mass is 422 g/mol. The van der Waals surface area contributed by atoms with Crippen LogP contribution in [0.25, 0.3) is 6.08 Å². The SMILES string of the molecule is O=C(/C=C/c1ccccc1Cl)Oc1ccc(C(=O)OCCOc2ccccc2)cc1. The molecule has 152 valence electrons. The van der Waals surface area contributed by atoms with Crippen LogP contribution in [0.5, 0.6) is 11.5 Å². The Morgan fingerprint density at radius 3 is 2.23 bits per heavy atom. The predicted octanol–water partition coefficient (Wildman–Crippen LogP) is 5.19. The van der Waals surface area contributed by atoms with Gasteiger partial charge in [-0.05, 0) is 54.1 Å². The number of rotatable bonds is 8. The molecule has 0 amide bonds. The Balaban J connectivity index is 1.45. The highest BCUT2D eigenvalue weighted by molar-refractivity contribution is 6.32. The van der Waals surface area contributed by atoms with Crippen LogP contribution in [0.3, 0.4) is 0 Å². The summed E-state index contributed by atoms with van der Waals surface area (Å²) < 4.78 is 15.9. The van der Waals surface area contributed by atoms with E-state index in [9.17, 15) is 9.59 Å². The summed E-state index contributed by atoms with van der Waals surface area (Å²) in [6, 6.07) is 22.5. The van der Waals surface area contributed by atoms with E-state index in [0.717, 1.165) is 0 Å². The average molecular weight is 423 g/mol. The zero-order valence-electron chi connectivity index (χ0n) is 16.0. The molecule has 0 N–H and O–H groups in total. The number of para-hydroxylation sites is 1. The van der Waals surface area contributed by atoms with Crippen LogP contribution in [0.2, 0.25) is 5.02 Å². The fourth-order valence-corrected chi connectivity index (χ4v) is 2.67. The van der Waals surface area contributed by atoms with Crippen molar-refractivity contribution in [3.63, 3.8) is 0 Å². The summed E-state index contributed by atoms with van der Waals surface area (Å²) in [5.74, 6) is -0.0115. The van der Waals surface area contributed by atoms with Crippen molar-refractivity contribution >= 4 is 29.6 Å². The van der Waals surface area contributed by atoms with Gasteiger partial charge >= 0.3 is 11.9 Å². The number of halogens is 1. The van der Waals surface area contributed by atoms with Crippen LogP contribution >= 0.6 is 11.6 Å². The number of hydrogen-bond acceptors (Lipinski definition) is 5. The number of carbonyl (C=O) groups is 2. The lowest BCUT2D eigenvalue weighted by atomic mass is 10.2. The maximum atomic E-state index is 12.1. The van der Waals surface area contributed by atoms with Gasteiger partial charge in [0.25, 0.3) is 0 Å². The Morgan fingerprint density at radius 1 is 0.800 bits per heavy atom. The smallest absolute Gasteiger partial charge is 0.338 e. The Hall–Kier alpha value is -3.57. The summed E-state index contributed by atoms with van der Waals surface area (Å²) in [7, 11) is 0. The summed E-state index contributed by atoms with van der Waals surface area (Å²) in [5.41, 5.74) is 1.06. The van der Waals surface area contributed by atoms with Crippen molar-refractivity contribution in [2.24, 2.45) is 0 Å². The van der Waals surface area contributed by atoms with Crippen molar-refractivity contribution in [2.75, 3.05) is 13.2 Å². The molecule has 3 aromatic rings. The first-order chi connectivity index (χ1) is 14.6. The molecule has 0 spiro atoms. The number of carbonyl (C=O) groups excluding carboxylic acids is 2. The number of esters is 2. The molecule has 0 aliphatic heterocycles. The third-order valence-corrected chi connectivity index (χ3v) is 4.29. The Labute approximate surface area is 179 Å². The van der Waals surface area contributed by atoms with Crippen LogP contribution in [-0.4, -0.2) is 25.2 Å². The summed E-state index contributed by atoms with van der Waals surface area (Å²) >= 11 is 6.04. The van der Waals surface area contributed by atoms with Gasteiger partial charge in [0.05, 0.1) is 5.56 Å². The van der Waals surface area contributed by atoms with Crippen molar-refractivity contribution in [2.45, 2.75) is 0 Å². The van der Waals surface area contributed by atoms with Gasteiger partial charge in [-0.25, -0.2) is 9.59 Å². The van der Waals surface area contributed by atoms with Gasteiger partial charge < -0.3 is 14.2 Å². The van der Waals surface area contributed by atoms with Gasteiger partial charge in [0.2, 0.25) is 0 Å². The van der Waals surface area contributed by atoms with E-state index in [-0.39, 0.29) is 13.2 Å². The summed E-state index contributed by atoms with van der Waals surface area (Å²) in [4.78, 5) is 24.0. The van der Waals surface area contributed by atoms with Gasteiger partial charge in [-0.1, -0.05) is 48.0 Å². The molecule has 5 nitrogen and oxygen atoms in total. The van der Waals surface area contributed by atoms with Crippen molar-refractivity contribution in [3.05, 3.63) is 101 Å². The van der Waals surface area contributed by atoms with Gasteiger partial charge in [0.1, 0.15) is 24.7 Å².